The summed E-state index contributed by atoms with van der Waals surface area (Å²) in [4.78, 5) is 0. The van der Waals surface area contributed by atoms with Crippen LogP contribution in [-0.4, -0.2) is 47.3 Å². The number of aliphatic hydroxyl groups is 2. The van der Waals surface area contributed by atoms with Gasteiger partial charge in [-0.1, -0.05) is 57.4 Å². The van der Waals surface area contributed by atoms with Crippen molar-refractivity contribution in [2.45, 2.75) is 82.7 Å². The second-order valence-electron chi connectivity index (χ2n) is 8.38. The van der Waals surface area contributed by atoms with Gasteiger partial charge in [-0.3, -0.25) is 0 Å². The summed E-state index contributed by atoms with van der Waals surface area (Å²) in [6, 6.07) is 0. The topological polar surface area (TPSA) is 58.9 Å². The molecular weight excluding hydrogens is 364 g/mol. The lowest BCUT2D eigenvalue weighted by atomic mass is 9.85. The molecule has 2 unspecified atom stereocenters. The Morgan fingerprint density at radius 2 is 1.89 bits per heavy atom. The molecule has 2 aliphatic rings. The number of halogens is 1. The Balaban J connectivity index is 1.75. The van der Waals surface area contributed by atoms with Crippen molar-refractivity contribution in [1.29, 1.82) is 0 Å². The first-order valence-corrected chi connectivity index (χ1v) is 11.0. The summed E-state index contributed by atoms with van der Waals surface area (Å²) in [6.07, 6.45) is 14.2. The van der Waals surface area contributed by atoms with Crippen LogP contribution >= 0.6 is 11.6 Å². The molecule has 0 spiro atoms. The molecule has 5 heteroatoms. The van der Waals surface area contributed by atoms with E-state index in [-0.39, 0.29) is 23.5 Å². The van der Waals surface area contributed by atoms with Gasteiger partial charge in [0.05, 0.1) is 30.8 Å². The summed E-state index contributed by atoms with van der Waals surface area (Å²) in [7, 11) is 0. The standard InChI is InChI=1S/C22H37ClO4/c1-16(2)14-22(25)26-13-7-6-10-18-19(23)15-27-21(18)12-11-20(24)17-8-4-3-5-9-17/h6-7,11-12,16-22,24-25H,3-5,8-10,13-15H2,1-2H3/b7-6-,12-11+/t18-,19+,20?,21?,22+/m0/s1. The van der Waals surface area contributed by atoms with Crippen LogP contribution < -0.4 is 0 Å². The van der Waals surface area contributed by atoms with Gasteiger partial charge in [0, 0.05) is 12.3 Å². The summed E-state index contributed by atoms with van der Waals surface area (Å²) < 4.78 is 11.2. The Morgan fingerprint density at radius 3 is 2.59 bits per heavy atom. The normalized spacial score (nSPS) is 29.9. The zero-order valence-electron chi connectivity index (χ0n) is 16.8. The number of ether oxygens (including phenoxy) is 2. The summed E-state index contributed by atoms with van der Waals surface area (Å²) in [5.74, 6) is 0.988. The third-order valence-corrected chi connectivity index (χ3v) is 6.05. The van der Waals surface area contributed by atoms with Gasteiger partial charge in [0.1, 0.15) is 0 Å². The van der Waals surface area contributed by atoms with Gasteiger partial charge < -0.3 is 19.7 Å². The van der Waals surface area contributed by atoms with Crippen LogP contribution in [0.2, 0.25) is 0 Å². The Hall–Kier alpha value is -0.390. The Morgan fingerprint density at radius 1 is 1.15 bits per heavy atom. The number of aliphatic hydroxyl groups excluding tert-OH is 2. The lowest BCUT2D eigenvalue weighted by Crippen LogP contribution is -2.23. The quantitative estimate of drug-likeness (QED) is 0.323. The van der Waals surface area contributed by atoms with E-state index in [0.29, 0.717) is 31.5 Å². The van der Waals surface area contributed by atoms with Crippen LogP contribution in [0.5, 0.6) is 0 Å². The van der Waals surface area contributed by atoms with Crippen molar-refractivity contribution < 1.29 is 19.7 Å². The van der Waals surface area contributed by atoms with Crippen molar-refractivity contribution in [3.63, 3.8) is 0 Å². The molecule has 1 aliphatic heterocycles. The maximum absolute atomic E-state index is 10.4. The van der Waals surface area contributed by atoms with E-state index in [2.05, 4.69) is 19.9 Å². The highest BCUT2D eigenvalue weighted by molar-refractivity contribution is 6.21. The zero-order valence-corrected chi connectivity index (χ0v) is 17.6. The van der Waals surface area contributed by atoms with E-state index in [0.717, 1.165) is 19.3 Å². The van der Waals surface area contributed by atoms with Crippen LogP contribution in [-0.2, 0) is 9.47 Å². The van der Waals surface area contributed by atoms with Crippen LogP contribution in [0, 0.1) is 17.8 Å². The summed E-state index contributed by atoms with van der Waals surface area (Å²) >= 11 is 6.43. The molecule has 1 heterocycles. The molecule has 5 atom stereocenters. The average molecular weight is 401 g/mol. The van der Waals surface area contributed by atoms with Crippen LogP contribution in [0.4, 0.5) is 0 Å². The van der Waals surface area contributed by atoms with Gasteiger partial charge in [0.15, 0.2) is 6.29 Å². The molecule has 0 aromatic heterocycles. The minimum Gasteiger partial charge on any atom is -0.389 e. The highest BCUT2D eigenvalue weighted by atomic mass is 35.5. The van der Waals surface area contributed by atoms with Crippen LogP contribution in [0.3, 0.4) is 0 Å². The van der Waals surface area contributed by atoms with Crippen LogP contribution in [0.15, 0.2) is 24.3 Å². The van der Waals surface area contributed by atoms with Gasteiger partial charge in [0.25, 0.3) is 0 Å². The maximum atomic E-state index is 10.4. The third-order valence-electron chi connectivity index (χ3n) is 5.60. The molecule has 156 valence electrons. The van der Waals surface area contributed by atoms with E-state index in [1.807, 2.05) is 18.2 Å². The number of hydrogen-bond acceptors (Lipinski definition) is 4. The second kappa shape index (κ2) is 12.2. The predicted molar refractivity (Wildman–Crippen MR) is 110 cm³/mol. The highest BCUT2D eigenvalue weighted by Crippen LogP contribution is 2.31. The number of hydrogen-bond donors (Lipinski definition) is 2. The molecule has 4 nitrogen and oxygen atoms in total. The van der Waals surface area contributed by atoms with E-state index >= 15 is 0 Å². The fourth-order valence-corrected chi connectivity index (χ4v) is 4.27. The van der Waals surface area contributed by atoms with Crippen molar-refractivity contribution in [3.05, 3.63) is 24.3 Å². The minimum atomic E-state index is -0.706. The number of allylic oxidation sites excluding steroid dienone is 1. The van der Waals surface area contributed by atoms with Crippen molar-refractivity contribution in [1.82, 2.24) is 0 Å². The number of rotatable bonds is 10. The van der Waals surface area contributed by atoms with E-state index in [1.165, 1.54) is 19.3 Å². The summed E-state index contributed by atoms with van der Waals surface area (Å²) in [6.45, 7) is 5.05. The van der Waals surface area contributed by atoms with Gasteiger partial charge in [-0.15, -0.1) is 11.6 Å². The van der Waals surface area contributed by atoms with E-state index in [9.17, 15) is 10.2 Å². The molecule has 0 radical (unpaired) electrons. The largest absolute Gasteiger partial charge is 0.389 e. The molecule has 0 amide bonds. The molecule has 1 saturated heterocycles. The van der Waals surface area contributed by atoms with Crippen LogP contribution in [0.25, 0.3) is 0 Å². The predicted octanol–water partition coefficient (Wildman–Crippen LogP) is 4.43. The summed E-state index contributed by atoms with van der Waals surface area (Å²) in [5.41, 5.74) is 0. The Kier molecular flexibility index (Phi) is 10.4. The molecule has 1 saturated carbocycles. The van der Waals surface area contributed by atoms with E-state index < -0.39 is 6.29 Å². The molecule has 2 rings (SSSR count). The van der Waals surface area contributed by atoms with Crippen molar-refractivity contribution in [3.8, 4) is 0 Å². The lowest BCUT2D eigenvalue weighted by molar-refractivity contribution is -0.0990. The smallest absolute Gasteiger partial charge is 0.155 e. The molecule has 2 N–H and O–H groups in total. The van der Waals surface area contributed by atoms with Crippen LogP contribution in [0.1, 0.15) is 58.8 Å². The average Bonchev–Trinajstić information content (AvgIpc) is 2.99. The Labute approximate surface area is 169 Å². The molecule has 0 aromatic carbocycles. The SMILES string of the molecule is CC(C)C[C@H](O)OC/C=C\C[C@@H]1C(/C=C/C(O)C2CCCCC2)OC[C@H]1Cl. The monoisotopic (exact) mass is 400 g/mol. The van der Waals surface area contributed by atoms with E-state index in [1.54, 1.807) is 0 Å². The lowest BCUT2D eigenvalue weighted by Gasteiger charge is -2.25. The summed E-state index contributed by atoms with van der Waals surface area (Å²) in [5, 5.41) is 20.1. The maximum Gasteiger partial charge on any atom is 0.155 e. The molecule has 0 bridgehead atoms. The van der Waals surface area contributed by atoms with Crippen molar-refractivity contribution in [2.24, 2.45) is 17.8 Å². The van der Waals surface area contributed by atoms with Crippen molar-refractivity contribution >= 4 is 11.6 Å². The highest BCUT2D eigenvalue weighted by Gasteiger charge is 2.33. The fraction of sp³-hybridized carbons (Fsp3) is 0.818. The van der Waals surface area contributed by atoms with E-state index in [4.69, 9.17) is 21.1 Å². The number of alkyl halides is 1. The third kappa shape index (κ3) is 8.25. The second-order valence-corrected chi connectivity index (χ2v) is 8.94. The molecule has 0 aromatic rings. The van der Waals surface area contributed by atoms with Gasteiger partial charge in [-0.25, -0.2) is 0 Å². The zero-order chi connectivity index (χ0) is 19.6. The van der Waals surface area contributed by atoms with Crippen molar-refractivity contribution in [2.75, 3.05) is 13.2 Å². The molecule has 2 fully saturated rings. The van der Waals surface area contributed by atoms with Gasteiger partial charge >= 0.3 is 0 Å². The Bertz CT molecular complexity index is 459. The first-order valence-electron chi connectivity index (χ1n) is 10.5. The molecule has 27 heavy (non-hydrogen) atoms. The first-order chi connectivity index (χ1) is 13.0. The van der Waals surface area contributed by atoms with Gasteiger partial charge in [-0.2, -0.15) is 0 Å². The molecule has 1 aliphatic carbocycles. The van der Waals surface area contributed by atoms with Gasteiger partial charge in [0.2, 0.25) is 0 Å². The fourth-order valence-electron chi connectivity index (χ4n) is 3.95. The molecular formula is C22H37ClO4. The minimum absolute atomic E-state index is 0.0245. The first kappa shape index (κ1) is 22.9. The van der Waals surface area contributed by atoms with Gasteiger partial charge in [-0.05, 0) is 31.1 Å².